The van der Waals surface area contributed by atoms with Gasteiger partial charge in [0, 0.05) is 22.5 Å². The van der Waals surface area contributed by atoms with Crippen LogP contribution >= 0.6 is 27.5 Å². The number of anilines is 1. The highest BCUT2D eigenvalue weighted by Crippen LogP contribution is 2.42. The smallest absolute Gasteiger partial charge is 0.288 e. The lowest BCUT2D eigenvalue weighted by atomic mass is 9.95. The number of benzene rings is 4. The van der Waals surface area contributed by atoms with Gasteiger partial charge in [0.25, 0.3) is 11.6 Å². The summed E-state index contributed by atoms with van der Waals surface area (Å²) in [7, 11) is 0. The second-order valence-corrected chi connectivity index (χ2v) is 9.61. The molecule has 1 aliphatic rings. The number of amides is 1. The van der Waals surface area contributed by atoms with E-state index in [4.69, 9.17) is 16.6 Å². The molecule has 0 bridgehead atoms. The van der Waals surface area contributed by atoms with Crippen molar-refractivity contribution >= 4 is 56.2 Å². The quantitative estimate of drug-likeness (QED) is 0.188. The van der Waals surface area contributed by atoms with Crippen molar-refractivity contribution < 1.29 is 9.72 Å². The highest BCUT2D eigenvalue weighted by Gasteiger charge is 2.33. The van der Waals surface area contributed by atoms with Gasteiger partial charge in [-0.15, -0.1) is 0 Å². The number of nitro groups is 1. The lowest BCUT2D eigenvalue weighted by Gasteiger charge is -2.32. The molecular formula is C28H19BrClN3O3. The molecule has 1 amide bonds. The third-order valence-corrected chi connectivity index (χ3v) is 6.91. The fourth-order valence-corrected chi connectivity index (χ4v) is 4.79. The zero-order valence-electron chi connectivity index (χ0n) is 18.8. The summed E-state index contributed by atoms with van der Waals surface area (Å²) < 4.78 is 0.960. The number of nitrogens with zero attached hydrogens (tertiary/aromatic N) is 3. The minimum Gasteiger partial charge on any atom is -0.298 e. The van der Waals surface area contributed by atoms with Crippen LogP contribution in [-0.2, 0) is 0 Å². The van der Waals surface area contributed by atoms with E-state index in [1.165, 1.54) is 18.2 Å². The van der Waals surface area contributed by atoms with Crippen molar-refractivity contribution in [2.75, 3.05) is 4.90 Å². The Hall–Kier alpha value is -3.81. The number of nitro benzene ring substituents is 1. The minimum absolute atomic E-state index is 0.0201. The predicted octanol–water partition coefficient (Wildman–Crippen LogP) is 7.92. The van der Waals surface area contributed by atoms with Crippen LogP contribution in [0.25, 0.3) is 0 Å². The van der Waals surface area contributed by atoms with Gasteiger partial charge in [-0.2, -0.15) is 0 Å². The molecule has 0 fully saturated rings. The SMILES string of the molecule is O=C(c1ccc(Cl)c([N+](=O)[O-])c1)N1c2ccccc2N=C(c2ccc(Br)cc2)CC1c1ccccc1. The molecule has 0 aromatic heterocycles. The van der Waals surface area contributed by atoms with Crippen LogP contribution in [-0.4, -0.2) is 16.5 Å². The summed E-state index contributed by atoms with van der Waals surface area (Å²) in [6.45, 7) is 0. The summed E-state index contributed by atoms with van der Waals surface area (Å²) in [5.74, 6) is -0.372. The summed E-state index contributed by atoms with van der Waals surface area (Å²) in [5.41, 5.74) is 3.84. The lowest BCUT2D eigenvalue weighted by molar-refractivity contribution is -0.384. The van der Waals surface area contributed by atoms with Crippen molar-refractivity contribution in [2.24, 2.45) is 4.99 Å². The number of para-hydroxylation sites is 2. The number of rotatable bonds is 4. The van der Waals surface area contributed by atoms with Gasteiger partial charge < -0.3 is 0 Å². The molecule has 36 heavy (non-hydrogen) atoms. The Kier molecular flexibility index (Phi) is 6.67. The van der Waals surface area contributed by atoms with Crippen molar-refractivity contribution in [3.05, 3.63) is 133 Å². The number of hydrogen-bond acceptors (Lipinski definition) is 4. The normalized spacial score (nSPS) is 15.0. The van der Waals surface area contributed by atoms with Crippen LogP contribution in [0.2, 0.25) is 5.02 Å². The van der Waals surface area contributed by atoms with Gasteiger partial charge >= 0.3 is 0 Å². The van der Waals surface area contributed by atoms with Crippen LogP contribution in [0, 0.1) is 10.1 Å². The number of carbonyl (C=O) groups is 1. The van der Waals surface area contributed by atoms with E-state index in [-0.39, 0.29) is 22.2 Å². The van der Waals surface area contributed by atoms with E-state index in [9.17, 15) is 14.9 Å². The third-order valence-electron chi connectivity index (χ3n) is 6.07. The van der Waals surface area contributed by atoms with Crippen LogP contribution < -0.4 is 4.90 Å². The summed E-state index contributed by atoms with van der Waals surface area (Å²) in [5, 5.41) is 11.5. The van der Waals surface area contributed by atoms with E-state index in [1.54, 1.807) is 4.90 Å². The van der Waals surface area contributed by atoms with Crippen molar-refractivity contribution in [3.8, 4) is 0 Å². The fourth-order valence-electron chi connectivity index (χ4n) is 4.34. The first-order chi connectivity index (χ1) is 17.4. The molecule has 5 rings (SSSR count). The molecule has 4 aromatic rings. The van der Waals surface area contributed by atoms with Crippen LogP contribution in [0.4, 0.5) is 17.1 Å². The first-order valence-corrected chi connectivity index (χ1v) is 12.3. The first kappa shape index (κ1) is 23.9. The van der Waals surface area contributed by atoms with Gasteiger partial charge in [0.2, 0.25) is 0 Å². The molecule has 0 saturated carbocycles. The summed E-state index contributed by atoms with van der Waals surface area (Å²) in [6.07, 6.45) is 0.446. The molecule has 178 valence electrons. The van der Waals surface area contributed by atoms with Crippen LogP contribution in [0.3, 0.4) is 0 Å². The number of aliphatic imine (C=N–C) groups is 1. The minimum atomic E-state index is -0.584. The molecular weight excluding hydrogens is 542 g/mol. The van der Waals surface area contributed by atoms with E-state index < -0.39 is 11.0 Å². The standard InChI is InChI=1S/C28H19BrClN3O3/c29-21-13-10-18(11-14-21)24-17-26(19-6-2-1-3-7-19)32(25-9-5-4-8-23(25)31-24)28(34)20-12-15-22(30)27(16-20)33(35)36/h1-16,26H,17H2. The van der Waals surface area contributed by atoms with Gasteiger partial charge in [-0.05, 0) is 47.5 Å². The number of fused-ring (bicyclic) bond motifs is 1. The van der Waals surface area contributed by atoms with Crippen molar-refractivity contribution in [2.45, 2.75) is 12.5 Å². The maximum absolute atomic E-state index is 14.1. The van der Waals surface area contributed by atoms with Gasteiger partial charge in [0.1, 0.15) is 5.02 Å². The molecule has 4 aromatic carbocycles. The zero-order chi connectivity index (χ0) is 25.2. The lowest BCUT2D eigenvalue weighted by Crippen LogP contribution is -2.35. The van der Waals surface area contributed by atoms with E-state index in [0.717, 1.165) is 21.3 Å². The predicted molar refractivity (Wildman–Crippen MR) is 145 cm³/mol. The van der Waals surface area contributed by atoms with E-state index in [0.29, 0.717) is 17.8 Å². The first-order valence-electron chi connectivity index (χ1n) is 11.2. The summed E-state index contributed by atoms with van der Waals surface area (Å²) >= 11 is 9.51. The Morgan fingerprint density at radius 2 is 1.67 bits per heavy atom. The van der Waals surface area contributed by atoms with Gasteiger partial charge in [0.05, 0.1) is 28.1 Å². The fraction of sp³-hybridized carbons (Fsp3) is 0.0714. The summed E-state index contributed by atoms with van der Waals surface area (Å²) in [6, 6.07) is 28.8. The highest BCUT2D eigenvalue weighted by atomic mass is 79.9. The van der Waals surface area contributed by atoms with Crippen LogP contribution in [0.1, 0.15) is 33.9 Å². The molecule has 0 N–H and O–H groups in total. The van der Waals surface area contributed by atoms with Crippen LogP contribution in [0.15, 0.2) is 107 Å². The molecule has 0 saturated heterocycles. The van der Waals surface area contributed by atoms with E-state index in [1.807, 2.05) is 78.9 Å². The number of halogens is 2. The van der Waals surface area contributed by atoms with Gasteiger partial charge in [-0.3, -0.25) is 24.8 Å². The molecule has 0 aliphatic carbocycles. The van der Waals surface area contributed by atoms with E-state index in [2.05, 4.69) is 15.9 Å². The Bertz CT molecular complexity index is 1490. The molecule has 0 radical (unpaired) electrons. The topological polar surface area (TPSA) is 75.8 Å². The largest absolute Gasteiger partial charge is 0.298 e. The average Bonchev–Trinajstić information content (AvgIpc) is 3.06. The second-order valence-electron chi connectivity index (χ2n) is 8.28. The number of carbonyl (C=O) groups excluding carboxylic acids is 1. The Morgan fingerprint density at radius 1 is 0.972 bits per heavy atom. The van der Waals surface area contributed by atoms with E-state index >= 15 is 0 Å². The van der Waals surface area contributed by atoms with Gasteiger partial charge in [-0.1, -0.05) is 82.1 Å². The second kappa shape index (κ2) is 10.0. The van der Waals surface area contributed by atoms with Gasteiger partial charge in [-0.25, -0.2) is 0 Å². The molecule has 1 heterocycles. The molecule has 1 atom stereocenters. The highest BCUT2D eigenvalue weighted by molar-refractivity contribution is 9.10. The maximum atomic E-state index is 14.1. The number of hydrogen-bond donors (Lipinski definition) is 0. The monoisotopic (exact) mass is 559 g/mol. The summed E-state index contributed by atoms with van der Waals surface area (Å²) in [4.78, 5) is 31.7. The molecule has 1 aliphatic heterocycles. The van der Waals surface area contributed by atoms with Gasteiger partial charge in [0.15, 0.2) is 0 Å². The van der Waals surface area contributed by atoms with Crippen molar-refractivity contribution in [1.82, 2.24) is 0 Å². The average molecular weight is 561 g/mol. The Balaban J connectivity index is 1.69. The maximum Gasteiger partial charge on any atom is 0.288 e. The Morgan fingerprint density at radius 3 is 2.39 bits per heavy atom. The molecule has 8 heteroatoms. The Labute approximate surface area is 221 Å². The molecule has 0 spiro atoms. The zero-order valence-corrected chi connectivity index (χ0v) is 21.2. The van der Waals surface area contributed by atoms with Crippen molar-refractivity contribution in [3.63, 3.8) is 0 Å². The third kappa shape index (κ3) is 4.67. The van der Waals surface area contributed by atoms with Crippen molar-refractivity contribution in [1.29, 1.82) is 0 Å². The molecule has 1 unspecified atom stereocenters. The van der Waals surface area contributed by atoms with Crippen LogP contribution in [0.5, 0.6) is 0 Å². The molecule has 6 nitrogen and oxygen atoms in total.